The second-order valence-electron chi connectivity index (χ2n) is 4.79. The fraction of sp³-hybridized carbons (Fsp3) is 0.429. The van der Waals surface area contributed by atoms with Gasteiger partial charge in [0, 0.05) is 13.7 Å². The Morgan fingerprint density at radius 2 is 2.32 bits per heavy atom. The van der Waals surface area contributed by atoms with Crippen LogP contribution in [0.5, 0.6) is 0 Å². The smallest absolute Gasteiger partial charge is 0.319 e. The molecule has 22 heavy (non-hydrogen) atoms. The molecule has 1 aromatic carbocycles. The zero-order valence-electron chi connectivity index (χ0n) is 12.4. The van der Waals surface area contributed by atoms with Gasteiger partial charge in [0.15, 0.2) is 0 Å². The summed E-state index contributed by atoms with van der Waals surface area (Å²) in [6.45, 7) is 2.22. The Bertz CT molecular complexity index is 662. The van der Waals surface area contributed by atoms with Crippen LogP contribution >= 0.6 is 22.9 Å². The molecule has 0 bridgehead atoms. The molecule has 1 atom stereocenters. The first-order valence-electron chi connectivity index (χ1n) is 6.77. The Balaban J connectivity index is 2.05. The highest BCUT2D eigenvalue weighted by Crippen LogP contribution is 2.31. The number of ether oxygens (including phenoxy) is 1. The second kappa shape index (κ2) is 7.73. The molecule has 0 aliphatic rings. The van der Waals surface area contributed by atoms with Crippen LogP contribution in [0.2, 0.25) is 5.02 Å². The van der Waals surface area contributed by atoms with Gasteiger partial charge in [0.05, 0.1) is 38.6 Å². The van der Waals surface area contributed by atoms with Crippen molar-refractivity contribution in [3.8, 4) is 0 Å². The molecule has 0 saturated heterocycles. The maximum atomic E-state index is 12.0. The largest absolute Gasteiger partial charge is 0.394 e. The number of thiazole rings is 1. The molecule has 3 N–H and O–H groups in total. The monoisotopic (exact) mass is 343 g/mol. The van der Waals surface area contributed by atoms with Gasteiger partial charge in [0.25, 0.3) is 0 Å². The number of anilines is 1. The summed E-state index contributed by atoms with van der Waals surface area (Å²) < 4.78 is 5.89. The minimum Gasteiger partial charge on any atom is -0.394 e. The van der Waals surface area contributed by atoms with E-state index in [1.807, 2.05) is 6.92 Å². The van der Waals surface area contributed by atoms with E-state index in [1.165, 1.54) is 11.3 Å². The number of benzene rings is 1. The Morgan fingerprint density at radius 3 is 3.00 bits per heavy atom. The van der Waals surface area contributed by atoms with E-state index in [9.17, 15) is 9.90 Å². The molecule has 0 spiro atoms. The maximum Gasteiger partial charge on any atom is 0.319 e. The van der Waals surface area contributed by atoms with Gasteiger partial charge in [-0.25, -0.2) is 9.78 Å². The van der Waals surface area contributed by atoms with Crippen LogP contribution in [0.25, 0.3) is 10.2 Å². The molecule has 0 saturated carbocycles. The first kappa shape index (κ1) is 17.0. The van der Waals surface area contributed by atoms with Gasteiger partial charge in [0.1, 0.15) is 0 Å². The van der Waals surface area contributed by atoms with Crippen LogP contribution in [0.3, 0.4) is 0 Å². The lowest BCUT2D eigenvalue weighted by Gasteiger charge is -2.16. The highest BCUT2D eigenvalue weighted by molar-refractivity contribution is 7.18. The average Bonchev–Trinajstić information content (AvgIpc) is 2.82. The molecule has 6 nitrogen and oxygen atoms in total. The van der Waals surface area contributed by atoms with Crippen LogP contribution in [-0.4, -0.2) is 42.5 Å². The second-order valence-corrected chi connectivity index (χ2v) is 6.43. The number of amides is 2. The van der Waals surface area contributed by atoms with E-state index < -0.39 is 6.03 Å². The number of hydrogen-bond acceptors (Lipinski definition) is 5. The molecule has 0 aliphatic heterocycles. The van der Waals surface area contributed by atoms with E-state index in [2.05, 4.69) is 15.6 Å². The molecule has 0 radical (unpaired) electrons. The van der Waals surface area contributed by atoms with Crippen molar-refractivity contribution in [2.45, 2.75) is 19.4 Å². The van der Waals surface area contributed by atoms with Crippen molar-refractivity contribution in [3.05, 3.63) is 22.2 Å². The van der Waals surface area contributed by atoms with E-state index >= 15 is 0 Å². The lowest BCUT2D eigenvalue weighted by atomic mass is 10.2. The quantitative estimate of drug-likeness (QED) is 0.753. The molecule has 2 aromatic rings. The molecule has 0 fully saturated rings. The van der Waals surface area contributed by atoms with Crippen LogP contribution in [-0.2, 0) is 4.74 Å². The van der Waals surface area contributed by atoms with Crippen LogP contribution in [0.1, 0.15) is 11.4 Å². The maximum absolute atomic E-state index is 12.0. The summed E-state index contributed by atoms with van der Waals surface area (Å²) in [5.41, 5.74) is 1.32. The third-order valence-corrected chi connectivity index (χ3v) is 4.30. The Morgan fingerprint density at radius 1 is 1.55 bits per heavy atom. The van der Waals surface area contributed by atoms with Crippen LogP contribution in [0.15, 0.2) is 12.1 Å². The number of aliphatic hydroxyl groups excluding tert-OH is 1. The summed E-state index contributed by atoms with van der Waals surface area (Å²) in [5.74, 6) is 0. The van der Waals surface area contributed by atoms with Gasteiger partial charge in [-0.1, -0.05) is 11.6 Å². The van der Waals surface area contributed by atoms with Crippen LogP contribution < -0.4 is 10.6 Å². The normalized spacial score (nSPS) is 12.4. The van der Waals surface area contributed by atoms with E-state index in [0.717, 1.165) is 15.2 Å². The highest BCUT2D eigenvalue weighted by atomic mass is 35.5. The van der Waals surface area contributed by atoms with E-state index in [4.69, 9.17) is 16.3 Å². The number of aromatic nitrogens is 1. The van der Waals surface area contributed by atoms with E-state index in [1.54, 1.807) is 19.2 Å². The molecule has 2 rings (SSSR count). The number of aliphatic hydroxyl groups is 1. The van der Waals surface area contributed by atoms with Crippen LogP contribution in [0.4, 0.5) is 10.5 Å². The summed E-state index contributed by atoms with van der Waals surface area (Å²) >= 11 is 7.70. The highest BCUT2D eigenvalue weighted by Gasteiger charge is 2.13. The SMILES string of the molecule is COCC[C@@H](CO)NC(=O)Nc1cc2sc(C)nc2cc1Cl. The molecule has 8 heteroatoms. The number of hydrogen-bond donors (Lipinski definition) is 3. The molecule has 120 valence electrons. The molecule has 1 heterocycles. The zero-order chi connectivity index (χ0) is 16.1. The van der Waals surface area contributed by atoms with Gasteiger partial charge < -0.3 is 20.5 Å². The van der Waals surface area contributed by atoms with Crippen molar-refractivity contribution in [3.63, 3.8) is 0 Å². The molecule has 1 aromatic heterocycles. The number of methoxy groups -OCH3 is 1. The zero-order valence-corrected chi connectivity index (χ0v) is 13.9. The Labute approximate surface area is 137 Å². The number of fused-ring (bicyclic) bond motifs is 1. The van der Waals surface area contributed by atoms with E-state index in [-0.39, 0.29) is 12.6 Å². The predicted molar refractivity (Wildman–Crippen MR) is 88.9 cm³/mol. The Hall–Kier alpha value is -1.41. The average molecular weight is 344 g/mol. The first-order chi connectivity index (χ1) is 10.5. The topological polar surface area (TPSA) is 83.5 Å². The van der Waals surface area contributed by atoms with E-state index in [0.29, 0.717) is 23.7 Å². The van der Waals surface area contributed by atoms with Crippen LogP contribution in [0, 0.1) is 6.92 Å². The summed E-state index contributed by atoms with van der Waals surface area (Å²) in [4.78, 5) is 16.3. The fourth-order valence-electron chi connectivity index (χ4n) is 1.97. The van der Waals surface area contributed by atoms with Gasteiger partial charge in [-0.2, -0.15) is 0 Å². The van der Waals surface area contributed by atoms with Gasteiger partial charge in [-0.05, 0) is 25.5 Å². The van der Waals surface area contributed by atoms with Crippen molar-refractivity contribution in [1.29, 1.82) is 0 Å². The fourth-order valence-corrected chi connectivity index (χ4v) is 3.03. The summed E-state index contributed by atoms with van der Waals surface area (Å²) in [6, 6.07) is 2.74. The lowest BCUT2D eigenvalue weighted by molar-refractivity contribution is 0.161. The molecule has 2 amide bonds. The first-order valence-corrected chi connectivity index (χ1v) is 7.97. The predicted octanol–water partition coefficient (Wildman–Crippen LogP) is 2.78. The number of urea groups is 1. The number of carbonyl (C=O) groups is 1. The third kappa shape index (κ3) is 4.30. The molecule has 0 aliphatic carbocycles. The van der Waals surface area contributed by atoms with Gasteiger partial charge in [-0.15, -0.1) is 11.3 Å². The number of rotatable bonds is 6. The number of aryl methyl sites for hydroxylation is 1. The lowest BCUT2D eigenvalue weighted by Crippen LogP contribution is -2.40. The summed E-state index contributed by atoms with van der Waals surface area (Å²) in [6.07, 6.45) is 0.529. The van der Waals surface area contributed by atoms with Gasteiger partial charge in [0.2, 0.25) is 0 Å². The molecular weight excluding hydrogens is 326 g/mol. The number of halogens is 1. The van der Waals surface area contributed by atoms with Crippen molar-refractivity contribution in [1.82, 2.24) is 10.3 Å². The Kier molecular flexibility index (Phi) is 5.96. The molecule has 0 unspecified atom stereocenters. The van der Waals surface area contributed by atoms with Crippen molar-refractivity contribution >= 4 is 44.9 Å². The third-order valence-electron chi connectivity index (χ3n) is 3.06. The van der Waals surface area contributed by atoms with Gasteiger partial charge >= 0.3 is 6.03 Å². The summed E-state index contributed by atoms with van der Waals surface area (Å²) in [7, 11) is 1.57. The van der Waals surface area contributed by atoms with Gasteiger partial charge in [-0.3, -0.25) is 0 Å². The number of carbonyl (C=O) groups excluding carboxylic acids is 1. The summed E-state index contributed by atoms with van der Waals surface area (Å²) in [5, 5.41) is 16.0. The standard InChI is InChI=1S/C14H18ClN3O3S/c1-8-16-12-5-10(15)11(6-13(12)22-8)18-14(20)17-9(7-19)3-4-21-2/h5-6,9,19H,3-4,7H2,1-2H3,(H2,17,18,20)/t9-/m0/s1. The molecular formula is C14H18ClN3O3S. The minimum absolute atomic E-state index is 0.155. The van der Waals surface area contributed by atoms with Crippen molar-refractivity contribution < 1.29 is 14.6 Å². The number of nitrogens with one attached hydrogen (secondary N) is 2. The van der Waals surface area contributed by atoms with Crippen molar-refractivity contribution in [2.75, 3.05) is 25.6 Å². The number of nitrogens with zero attached hydrogens (tertiary/aromatic N) is 1. The van der Waals surface area contributed by atoms with Crippen molar-refractivity contribution in [2.24, 2.45) is 0 Å². The minimum atomic E-state index is -0.419.